The molecule has 4 heterocycles. The minimum Gasteiger partial charge on any atom is -0.346 e. The Morgan fingerprint density at radius 1 is 0.385 bits per heavy atom. The van der Waals surface area contributed by atoms with Crippen LogP contribution in [0.5, 0.6) is 0 Å². The molecule has 2 aromatic heterocycles. The molecule has 2 aliphatic heterocycles. The monoisotopic (exact) mass is 672 g/mol. The van der Waals surface area contributed by atoms with E-state index in [9.17, 15) is 0 Å². The van der Waals surface area contributed by atoms with Crippen LogP contribution < -0.4 is 20.4 Å². The molecule has 6 nitrogen and oxygen atoms in total. The summed E-state index contributed by atoms with van der Waals surface area (Å²) < 4.78 is 5.08. The SMILES string of the molecule is CN1c2ccccc2NC1n1c2ccc(-c3ccccc3)cc2c2ccc3c4cc(-c5ccccc5)ccc4n(C4Nc5ccccc5N4C)c3c21. The van der Waals surface area contributed by atoms with Crippen LogP contribution in [0.25, 0.3) is 65.9 Å². The van der Waals surface area contributed by atoms with Gasteiger partial charge in [-0.15, -0.1) is 0 Å². The van der Waals surface area contributed by atoms with E-state index in [4.69, 9.17) is 0 Å². The van der Waals surface area contributed by atoms with Crippen LogP contribution in [0.2, 0.25) is 0 Å². The second-order valence-electron chi connectivity index (χ2n) is 14.1. The highest BCUT2D eigenvalue weighted by Crippen LogP contribution is 2.48. The Labute approximate surface area is 301 Å². The highest BCUT2D eigenvalue weighted by molar-refractivity contribution is 6.23. The number of hydrogen-bond acceptors (Lipinski definition) is 4. The highest BCUT2D eigenvalue weighted by atomic mass is 15.5. The lowest BCUT2D eigenvalue weighted by molar-refractivity contribution is 0.597. The van der Waals surface area contributed by atoms with Crippen molar-refractivity contribution in [3.63, 3.8) is 0 Å². The fourth-order valence-electron chi connectivity index (χ4n) is 8.81. The Balaban J connectivity index is 1.27. The van der Waals surface area contributed by atoms with Gasteiger partial charge in [0.1, 0.15) is 0 Å². The molecule has 0 amide bonds. The van der Waals surface area contributed by atoms with Crippen molar-refractivity contribution in [3.05, 3.63) is 158 Å². The Morgan fingerprint density at radius 2 is 0.788 bits per heavy atom. The van der Waals surface area contributed by atoms with Gasteiger partial charge in [-0.25, -0.2) is 0 Å². The van der Waals surface area contributed by atoms with E-state index in [-0.39, 0.29) is 12.6 Å². The molecule has 0 saturated heterocycles. The summed E-state index contributed by atoms with van der Waals surface area (Å²) in [5.74, 6) is 0. The lowest BCUT2D eigenvalue weighted by Crippen LogP contribution is -2.30. The molecule has 7 aromatic carbocycles. The summed E-state index contributed by atoms with van der Waals surface area (Å²) in [6, 6.07) is 57.3. The molecule has 52 heavy (non-hydrogen) atoms. The van der Waals surface area contributed by atoms with Crippen LogP contribution in [0.15, 0.2) is 158 Å². The summed E-state index contributed by atoms with van der Waals surface area (Å²) in [7, 11) is 4.40. The van der Waals surface area contributed by atoms with Crippen LogP contribution in [0.3, 0.4) is 0 Å². The highest BCUT2D eigenvalue weighted by Gasteiger charge is 2.34. The molecular weight excluding hydrogens is 637 g/mol. The molecule has 0 fully saturated rings. The molecule has 2 aliphatic rings. The third-order valence-corrected chi connectivity index (χ3v) is 11.3. The summed E-state index contributed by atoms with van der Waals surface area (Å²) in [4.78, 5) is 4.74. The fourth-order valence-corrected chi connectivity index (χ4v) is 8.81. The zero-order chi connectivity index (χ0) is 34.5. The van der Waals surface area contributed by atoms with Gasteiger partial charge in [0.25, 0.3) is 0 Å². The number of nitrogens with one attached hydrogen (secondary N) is 2. The summed E-state index contributed by atoms with van der Waals surface area (Å²) in [6.45, 7) is 0. The van der Waals surface area contributed by atoms with E-state index in [0.717, 1.165) is 11.4 Å². The smallest absolute Gasteiger partial charge is 0.183 e. The van der Waals surface area contributed by atoms with E-state index in [0.29, 0.717) is 0 Å². The molecule has 2 N–H and O–H groups in total. The van der Waals surface area contributed by atoms with Crippen molar-refractivity contribution in [3.8, 4) is 22.3 Å². The van der Waals surface area contributed by atoms with Crippen molar-refractivity contribution in [1.82, 2.24) is 9.13 Å². The van der Waals surface area contributed by atoms with Gasteiger partial charge in [0, 0.05) is 35.6 Å². The van der Waals surface area contributed by atoms with Crippen LogP contribution in [0.4, 0.5) is 22.7 Å². The van der Waals surface area contributed by atoms with Gasteiger partial charge in [-0.1, -0.05) is 109 Å². The van der Waals surface area contributed by atoms with Gasteiger partial charge >= 0.3 is 0 Å². The number of hydrogen-bond donors (Lipinski definition) is 2. The predicted octanol–water partition coefficient (Wildman–Crippen LogP) is 11.3. The lowest BCUT2D eigenvalue weighted by Gasteiger charge is -2.28. The summed E-state index contributed by atoms with van der Waals surface area (Å²) in [6.07, 6.45) is -0.272. The Hall–Kier alpha value is -6.66. The Kier molecular flexibility index (Phi) is 6.11. The average molecular weight is 673 g/mol. The molecule has 0 radical (unpaired) electrons. The first-order valence-corrected chi connectivity index (χ1v) is 18.0. The van der Waals surface area contributed by atoms with E-state index >= 15 is 0 Å². The van der Waals surface area contributed by atoms with Gasteiger partial charge in [0.2, 0.25) is 0 Å². The van der Waals surface area contributed by atoms with E-state index in [1.165, 1.54) is 77.2 Å². The van der Waals surface area contributed by atoms with Gasteiger partial charge in [-0.05, 0) is 70.8 Å². The van der Waals surface area contributed by atoms with Gasteiger partial charge in [-0.3, -0.25) is 0 Å². The van der Waals surface area contributed by atoms with Crippen LogP contribution in [0.1, 0.15) is 12.6 Å². The number of nitrogens with zero attached hydrogens (tertiary/aromatic N) is 4. The minimum absolute atomic E-state index is 0.136. The average Bonchev–Trinajstić information content (AvgIpc) is 3.92. The standard InChI is InChI=1S/C46H36N6/c1-49-41-19-11-9-17-37(41)47-45(49)51-39-25-21-31(29-13-5-3-6-14-29)27-35(39)33-23-24-34-36-28-32(30-15-7-4-8-16-30)22-26-40(36)52(44(34)43(33)51)46-48-38-18-10-12-20-42(38)50(46)2/h3-28,45-48H,1-2H3. The molecule has 6 heteroatoms. The van der Waals surface area contributed by atoms with Crippen LogP contribution in [-0.4, -0.2) is 23.2 Å². The first kappa shape index (κ1) is 29.1. The number of benzene rings is 7. The maximum absolute atomic E-state index is 3.91. The zero-order valence-corrected chi connectivity index (χ0v) is 29.0. The predicted molar refractivity (Wildman–Crippen MR) is 218 cm³/mol. The molecule has 0 aliphatic carbocycles. The molecule has 250 valence electrons. The summed E-state index contributed by atoms with van der Waals surface area (Å²) in [5.41, 5.74) is 14.3. The van der Waals surface area contributed by atoms with E-state index in [2.05, 4.69) is 201 Å². The van der Waals surface area contributed by atoms with Crippen LogP contribution in [-0.2, 0) is 0 Å². The van der Waals surface area contributed by atoms with Crippen molar-refractivity contribution in [2.45, 2.75) is 12.6 Å². The maximum atomic E-state index is 3.91. The third kappa shape index (κ3) is 4.06. The number of aromatic nitrogens is 2. The molecule has 0 saturated carbocycles. The van der Waals surface area contributed by atoms with Crippen LogP contribution >= 0.6 is 0 Å². The van der Waals surface area contributed by atoms with Crippen molar-refractivity contribution in [2.75, 3.05) is 34.5 Å². The Bertz CT molecular complexity index is 2660. The van der Waals surface area contributed by atoms with Gasteiger partial charge in [0.15, 0.2) is 12.6 Å². The van der Waals surface area contributed by atoms with E-state index in [1.807, 2.05) is 0 Å². The topological polar surface area (TPSA) is 40.4 Å². The van der Waals surface area contributed by atoms with Crippen molar-refractivity contribution in [2.24, 2.45) is 0 Å². The minimum atomic E-state index is -0.136. The number of para-hydroxylation sites is 4. The molecule has 2 unspecified atom stereocenters. The quantitative estimate of drug-likeness (QED) is 0.195. The maximum Gasteiger partial charge on any atom is 0.183 e. The number of fused-ring (bicyclic) bond motifs is 9. The van der Waals surface area contributed by atoms with E-state index < -0.39 is 0 Å². The molecular formula is C46H36N6. The third-order valence-electron chi connectivity index (χ3n) is 11.3. The second kappa shape index (κ2) is 10.9. The molecule has 0 bridgehead atoms. The molecule has 2 atom stereocenters. The molecule has 0 spiro atoms. The second-order valence-corrected chi connectivity index (χ2v) is 14.1. The van der Waals surface area contributed by atoms with Gasteiger partial charge in [-0.2, -0.15) is 0 Å². The summed E-state index contributed by atoms with van der Waals surface area (Å²) >= 11 is 0. The fraction of sp³-hybridized carbons (Fsp3) is 0.0870. The van der Waals surface area contributed by atoms with E-state index in [1.54, 1.807) is 0 Å². The summed E-state index contributed by atoms with van der Waals surface area (Å²) in [5, 5.41) is 12.8. The van der Waals surface area contributed by atoms with Crippen molar-refractivity contribution in [1.29, 1.82) is 0 Å². The van der Waals surface area contributed by atoms with Gasteiger partial charge in [0.05, 0.1) is 44.8 Å². The lowest BCUT2D eigenvalue weighted by atomic mass is 10.0. The van der Waals surface area contributed by atoms with Gasteiger partial charge < -0.3 is 29.6 Å². The molecule has 11 rings (SSSR count). The first-order valence-electron chi connectivity index (χ1n) is 18.0. The number of anilines is 4. The number of rotatable bonds is 4. The zero-order valence-electron chi connectivity index (χ0n) is 29.0. The normalized spacial score (nSPS) is 16.5. The molecule has 9 aromatic rings. The van der Waals surface area contributed by atoms with Crippen molar-refractivity contribution < 1.29 is 0 Å². The Morgan fingerprint density at radius 3 is 1.21 bits per heavy atom. The van der Waals surface area contributed by atoms with Crippen molar-refractivity contribution >= 4 is 66.4 Å². The largest absolute Gasteiger partial charge is 0.346 e. The first-order chi connectivity index (χ1) is 25.6. The van der Waals surface area contributed by atoms with Crippen LogP contribution in [0, 0.1) is 0 Å².